The minimum atomic E-state index is 0.274. The summed E-state index contributed by atoms with van der Waals surface area (Å²) in [5.41, 5.74) is 6.62. The van der Waals surface area contributed by atoms with E-state index in [0.29, 0.717) is 5.69 Å². The summed E-state index contributed by atoms with van der Waals surface area (Å²) in [7, 11) is 5.66. The van der Waals surface area contributed by atoms with Crippen LogP contribution in [0, 0.1) is 12.8 Å². The van der Waals surface area contributed by atoms with Crippen LogP contribution in [0.25, 0.3) is 22.4 Å². The highest BCUT2D eigenvalue weighted by Crippen LogP contribution is 2.29. The summed E-state index contributed by atoms with van der Waals surface area (Å²) >= 11 is 0. The number of hydrogen-bond donors (Lipinski definition) is 2. The van der Waals surface area contributed by atoms with E-state index in [9.17, 15) is 9.59 Å². The van der Waals surface area contributed by atoms with E-state index >= 15 is 0 Å². The van der Waals surface area contributed by atoms with Gasteiger partial charge in [0.2, 0.25) is 0 Å². The predicted molar refractivity (Wildman–Crippen MR) is 137 cm³/mol. The molecule has 3 aromatic rings. The quantitative estimate of drug-likeness (QED) is 0.378. The smallest absolute Gasteiger partial charge is 0.168 e. The van der Waals surface area contributed by atoms with E-state index in [4.69, 9.17) is 4.74 Å². The molecule has 0 unspecified atom stereocenters. The lowest BCUT2D eigenvalue weighted by Crippen LogP contribution is -1.98. The summed E-state index contributed by atoms with van der Waals surface area (Å²) in [6, 6.07) is 13.9. The van der Waals surface area contributed by atoms with Crippen LogP contribution in [0.4, 0.5) is 5.69 Å². The monoisotopic (exact) mass is 462 g/mol. The number of aromatic nitrogens is 2. The predicted octanol–water partition coefficient (Wildman–Crippen LogP) is 4.42. The zero-order chi connectivity index (χ0) is 24.8. The van der Waals surface area contributed by atoms with E-state index in [1.807, 2.05) is 39.3 Å². The summed E-state index contributed by atoms with van der Waals surface area (Å²) in [5.74, 6) is 0.773. The van der Waals surface area contributed by atoms with E-state index in [0.717, 1.165) is 53.2 Å². The largest absolute Gasteiger partial charge is 0.388 e. The number of benzene rings is 1. The Labute approximate surface area is 202 Å². The normalized spacial score (nSPS) is 11.9. The van der Waals surface area contributed by atoms with Gasteiger partial charge in [-0.25, -0.2) is 0 Å². The average Bonchev–Trinajstić information content (AvgIpc) is 3.70. The molecule has 0 spiro atoms. The van der Waals surface area contributed by atoms with Crippen LogP contribution < -0.4 is 10.6 Å². The fraction of sp³-hybridized carbons (Fsp3) is 0.333. The van der Waals surface area contributed by atoms with Gasteiger partial charge < -0.3 is 20.2 Å². The molecule has 7 heteroatoms. The first-order valence-corrected chi connectivity index (χ1v) is 11.3. The number of nitrogens with one attached hydrogen (secondary N) is 2. The van der Waals surface area contributed by atoms with Crippen LogP contribution >= 0.6 is 0 Å². The van der Waals surface area contributed by atoms with Crippen molar-refractivity contribution in [1.29, 1.82) is 0 Å². The van der Waals surface area contributed by atoms with Gasteiger partial charge in [0.15, 0.2) is 6.29 Å². The summed E-state index contributed by atoms with van der Waals surface area (Å²) in [4.78, 5) is 29.0. The molecule has 7 nitrogen and oxygen atoms in total. The maximum atomic E-state index is 10.9. The molecule has 0 aliphatic heterocycles. The van der Waals surface area contributed by atoms with Gasteiger partial charge in [-0.05, 0) is 92.9 Å². The zero-order valence-corrected chi connectivity index (χ0v) is 20.4. The second-order valence-corrected chi connectivity index (χ2v) is 7.94. The Morgan fingerprint density at radius 1 is 0.971 bits per heavy atom. The number of aldehydes is 2. The minimum absolute atomic E-state index is 0.274. The van der Waals surface area contributed by atoms with Crippen molar-refractivity contribution in [3.8, 4) is 22.4 Å². The van der Waals surface area contributed by atoms with Crippen molar-refractivity contribution < 1.29 is 14.3 Å². The molecular formula is C27H34N4O3. The first-order chi connectivity index (χ1) is 16.6. The Kier molecular flexibility index (Phi) is 11.6. The van der Waals surface area contributed by atoms with Crippen LogP contribution in [0.1, 0.15) is 28.9 Å². The highest BCUT2D eigenvalue weighted by atomic mass is 16.5. The van der Waals surface area contributed by atoms with Crippen molar-refractivity contribution in [3.05, 3.63) is 66.1 Å². The third-order valence-electron chi connectivity index (χ3n) is 5.03. The van der Waals surface area contributed by atoms with Crippen LogP contribution in [-0.4, -0.2) is 56.9 Å². The molecular weight excluding hydrogens is 428 g/mol. The summed E-state index contributed by atoms with van der Waals surface area (Å²) < 4.78 is 4.94. The highest BCUT2D eigenvalue weighted by molar-refractivity contribution is 5.78. The summed E-state index contributed by atoms with van der Waals surface area (Å²) in [6.07, 6.45) is 7.53. The molecule has 0 atom stereocenters. The van der Waals surface area contributed by atoms with Gasteiger partial charge in [0.1, 0.15) is 18.6 Å². The van der Waals surface area contributed by atoms with E-state index in [2.05, 4.69) is 45.7 Å². The number of pyridine rings is 2. The fourth-order valence-electron chi connectivity index (χ4n) is 3.08. The van der Waals surface area contributed by atoms with Gasteiger partial charge in [-0.3, -0.25) is 14.8 Å². The third kappa shape index (κ3) is 8.84. The molecule has 1 fully saturated rings. The second-order valence-electron chi connectivity index (χ2n) is 7.94. The first-order valence-electron chi connectivity index (χ1n) is 11.3. The van der Waals surface area contributed by atoms with E-state index in [1.165, 1.54) is 18.4 Å². The summed E-state index contributed by atoms with van der Waals surface area (Å²) in [6.45, 7) is 3.15. The molecule has 4 rings (SSSR count). The van der Waals surface area contributed by atoms with Gasteiger partial charge in [0.25, 0.3) is 0 Å². The topological polar surface area (TPSA) is 93.2 Å². The SMILES string of the molecule is CNC.CNc1ccc(C)c(-c2ccnc(-c3ccnc(C=O)c3)c2)c1.O=CCOCC1CC1. The zero-order valence-electron chi connectivity index (χ0n) is 20.4. The lowest BCUT2D eigenvalue weighted by Gasteiger charge is -2.10. The number of ether oxygens (including phenoxy) is 1. The molecule has 1 aliphatic rings. The standard InChI is InChI=1S/C19H17N3O.C6H10O2.C2H7N/c1-13-3-4-16(20-2)11-18(13)14-5-8-22-19(10-14)15-6-7-21-17(9-15)12-23;7-3-4-8-5-6-1-2-6;1-3-2/h3-12,20H,1-2H3;3,6H,1-2,4-5H2;3H,1-2H3. The lowest BCUT2D eigenvalue weighted by molar-refractivity contribution is -0.111. The first kappa shape index (κ1) is 26.8. The number of carbonyl (C=O) groups excluding carboxylic acids is 2. The van der Waals surface area contributed by atoms with Crippen LogP contribution in [0.3, 0.4) is 0 Å². The third-order valence-corrected chi connectivity index (χ3v) is 5.03. The second kappa shape index (κ2) is 14.7. The van der Waals surface area contributed by atoms with Crippen molar-refractivity contribution in [2.24, 2.45) is 5.92 Å². The van der Waals surface area contributed by atoms with Crippen LogP contribution in [0.5, 0.6) is 0 Å². The van der Waals surface area contributed by atoms with Crippen molar-refractivity contribution >= 4 is 18.3 Å². The molecule has 0 radical (unpaired) electrons. The Balaban J connectivity index is 0.000000309. The van der Waals surface area contributed by atoms with Crippen molar-refractivity contribution in [3.63, 3.8) is 0 Å². The van der Waals surface area contributed by atoms with Gasteiger partial charge in [-0.15, -0.1) is 0 Å². The molecule has 180 valence electrons. The molecule has 1 saturated carbocycles. The van der Waals surface area contributed by atoms with Crippen LogP contribution in [-0.2, 0) is 9.53 Å². The maximum Gasteiger partial charge on any atom is 0.168 e. The van der Waals surface area contributed by atoms with E-state index in [1.54, 1.807) is 18.5 Å². The Bertz CT molecular complexity index is 1050. The Morgan fingerprint density at radius 2 is 1.68 bits per heavy atom. The van der Waals surface area contributed by atoms with E-state index in [-0.39, 0.29) is 6.61 Å². The minimum Gasteiger partial charge on any atom is -0.388 e. The molecule has 1 aromatic carbocycles. The van der Waals surface area contributed by atoms with Gasteiger partial charge in [0, 0.05) is 37.3 Å². The van der Waals surface area contributed by atoms with Crippen molar-refractivity contribution in [1.82, 2.24) is 15.3 Å². The molecule has 2 aromatic heterocycles. The number of aryl methyl sites for hydroxylation is 1. The molecule has 34 heavy (non-hydrogen) atoms. The molecule has 2 heterocycles. The Morgan fingerprint density at radius 3 is 2.32 bits per heavy atom. The number of rotatable bonds is 8. The highest BCUT2D eigenvalue weighted by Gasteiger charge is 2.20. The van der Waals surface area contributed by atoms with Crippen LogP contribution in [0.15, 0.2) is 54.9 Å². The average molecular weight is 463 g/mol. The fourth-order valence-corrected chi connectivity index (χ4v) is 3.08. The molecule has 1 aliphatic carbocycles. The number of carbonyl (C=O) groups is 2. The molecule has 0 bridgehead atoms. The van der Waals surface area contributed by atoms with Gasteiger partial charge >= 0.3 is 0 Å². The van der Waals surface area contributed by atoms with Crippen LogP contribution in [0.2, 0.25) is 0 Å². The summed E-state index contributed by atoms with van der Waals surface area (Å²) in [5, 5.41) is 5.91. The lowest BCUT2D eigenvalue weighted by atomic mass is 9.99. The van der Waals surface area contributed by atoms with Crippen molar-refractivity contribution in [2.75, 3.05) is 39.7 Å². The number of hydrogen-bond acceptors (Lipinski definition) is 7. The van der Waals surface area contributed by atoms with Gasteiger partial charge in [-0.2, -0.15) is 0 Å². The molecule has 0 saturated heterocycles. The van der Waals surface area contributed by atoms with Crippen molar-refractivity contribution in [2.45, 2.75) is 19.8 Å². The number of nitrogens with zero attached hydrogens (tertiary/aromatic N) is 2. The molecule has 0 amide bonds. The molecule has 2 N–H and O–H groups in total. The van der Waals surface area contributed by atoms with Gasteiger partial charge in [0.05, 0.1) is 5.69 Å². The van der Waals surface area contributed by atoms with Gasteiger partial charge in [-0.1, -0.05) is 6.07 Å². The van der Waals surface area contributed by atoms with E-state index < -0.39 is 0 Å². The Hall–Kier alpha value is -3.42. The maximum absolute atomic E-state index is 10.9. The number of anilines is 1.